The van der Waals surface area contributed by atoms with E-state index in [1.807, 2.05) is 0 Å². The van der Waals surface area contributed by atoms with Gasteiger partial charge in [0.15, 0.2) is 11.6 Å². The number of halogens is 2. The number of rotatable bonds is 3. The minimum absolute atomic E-state index is 0.0550. The summed E-state index contributed by atoms with van der Waals surface area (Å²) in [5.74, 6) is -0.632. The summed E-state index contributed by atoms with van der Waals surface area (Å²) < 4.78 is 19.6. The van der Waals surface area contributed by atoms with Gasteiger partial charge in [-0.25, -0.2) is 4.39 Å². The highest BCUT2D eigenvalue weighted by Crippen LogP contribution is 2.27. The predicted octanol–water partition coefficient (Wildman–Crippen LogP) is 1.20. The van der Waals surface area contributed by atoms with Gasteiger partial charge in [0.25, 0.3) is 0 Å². The topological polar surface area (TPSA) is 49.7 Å². The van der Waals surface area contributed by atoms with Crippen LogP contribution in [-0.4, -0.2) is 23.3 Å². The molecule has 0 spiro atoms. The van der Waals surface area contributed by atoms with Gasteiger partial charge in [-0.15, -0.1) is 0 Å². The van der Waals surface area contributed by atoms with Crippen molar-refractivity contribution in [2.75, 3.05) is 0 Å². The molecule has 1 saturated carbocycles. The van der Waals surface area contributed by atoms with Gasteiger partial charge in [-0.3, -0.25) is 0 Å². The molecular formula is C10H11BBrFO3. The van der Waals surface area contributed by atoms with Gasteiger partial charge >= 0.3 is 7.12 Å². The standard InChI is InChI=1S/C10H11BBrFO3/c12-7-4-5-8(16-6-2-1-3-6)10(13)9(7)11(14)15/h4-6,14-15H,1-3H2. The summed E-state index contributed by atoms with van der Waals surface area (Å²) in [5.41, 5.74) is -0.183. The summed E-state index contributed by atoms with van der Waals surface area (Å²) >= 11 is 3.06. The van der Waals surface area contributed by atoms with Crippen LogP contribution < -0.4 is 10.2 Å². The lowest BCUT2D eigenvalue weighted by atomic mass is 9.79. The molecular weight excluding hydrogens is 278 g/mol. The van der Waals surface area contributed by atoms with Crippen LogP contribution in [0.4, 0.5) is 4.39 Å². The summed E-state index contributed by atoms with van der Waals surface area (Å²) in [7, 11) is -1.85. The van der Waals surface area contributed by atoms with E-state index in [1.54, 1.807) is 6.07 Å². The Labute approximate surface area is 102 Å². The third-order valence-corrected chi connectivity index (χ3v) is 3.39. The SMILES string of the molecule is OB(O)c1c(Br)ccc(OC2CCC2)c1F. The van der Waals surface area contributed by atoms with Crippen molar-refractivity contribution in [1.82, 2.24) is 0 Å². The minimum atomic E-state index is -1.85. The lowest BCUT2D eigenvalue weighted by Gasteiger charge is -2.27. The van der Waals surface area contributed by atoms with Crippen molar-refractivity contribution in [3.05, 3.63) is 22.4 Å². The van der Waals surface area contributed by atoms with Crippen LogP contribution in [-0.2, 0) is 0 Å². The third-order valence-electron chi connectivity index (χ3n) is 2.70. The maximum absolute atomic E-state index is 13.8. The van der Waals surface area contributed by atoms with Crippen molar-refractivity contribution in [3.8, 4) is 5.75 Å². The maximum Gasteiger partial charge on any atom is 0.492 e. The zero-order valence-electron chi connectivity index (χ0n) is 8.49. The first kappa shape index (κ1) is 11.9. The minimum Gasteiger partial charge on any atom is -0.487 e. The Morgan fingerprint density at radius 2 is 2.06 bits per heavy atom. The Morgan fingerprint density at radius 3 is 2.56 bits per heavy atom. The summed E-state index contributed by atoms with van der Waals surface area (Å²) in [6, 6.07) is 3.04. The van der Waals surface area contributed by atoms with E-state index in [4.69, 9.17) is 14.8 Å². The summed E-state index contributed by atoms with van der Waals surface area (Å²) in [6.07, 6.45) is 3.00. The highest BCUT2D eigenvalue weighted by Gasteiger charge is 2.26. The highest BCUT2D eigenvalue weighted by molar-refractivity contribution is 9.10. The summed E-state index contributed by atoms with van der Waals surface area (Å²) in [5, 5.41) is 18.1. The Kier molecular flexibility index (Phi) is 3.52. The fraction of sp³-hybridized carbons (Fsp3) is 0.400. The van der Waals surface area contributed by atoms with Crippen LogP contribution in [0.15, 0.2) is 16.6 Å². The molecule has 1 aliphatic carbocycles. The molecule has 3 nitrogen and oxygen atoms in total. The van der Waals surface area contributed by atoms with E-state index in [-0.39, 0.29) is 17.3 Å². The molecule has 6 heteroatoms. The Balaban J connectivity index is 2.28. The van der Waals surface area contributed by atoms with Gasteiger partial charge in [0, 0.05) is 9.94 Å². The molecule has 86 valence electrons. The van der Waals surface area contributed by atoms with Crippen LogP contribution in [0.5, 0.6) is 5.75 Å². The first-order valence-corrected chi connectivity index (χ1v) is 5.89. The van der Waals surface area contributed by atoms with Crippen LogP contribution in [0.2, 0.25) is 0 Å². The van der Waals surface area contributed by atoms with E-state index in [0.717, 1.165) is 19.3 Å². The van der Waals surface area contributed by atoms with Gasteiger partial charge in [-0.2, -0.15) is 0 Å². The lowest BCUT2D eigenvalue weighted by Crippen LogP contribution is -2.35. The lowest BCUT2D eigenvalue weighted by molar-refractivity contribution is 0.115. The predicted molar refractivity (Wildman–Crippen MR) is 62.2 cm³/mol. The second kappa shape index (κ2) is 4.73. The molecule has 0 amide bonds. The van der Waals surface area contributed by atoms with Crippen LogP contribution in [0.1, 0.15) is 19.3 Å². The molecule has 0 aliphatic heterocycles. The van der Waals surface area contributed by atoms with E-state index in [1.165, 1.54) is 6.07 Å². The molecule has 2 rings (SSSR count). The van der Waals surface area contributed by atoms with E-state index < -0.39 is 12.9 Å². The molecule has 0 saturated heterocycles. The van der Waals surface area contributed by atoms with Gasteiger partial charge in [0.2, 0.25) is 0 Å². The fourth-order valence-electron chi connectivity index (χ4n) is 1.55. The maximum atomic E-state index is 13.8. The molecule has 2 N–H and O–H groups in total. The zero-order valence-corrected chi connectivity index (χ0v) is 10.1. The van der Waals surface area contributed by atoms with Crippen molar-refractivity contribution in [2.24, 2.45) is 0 Å². The second-order valence-corrected chi connectivity index (χ2v) is 4.67. The largest absolute Gasteiger partial charge is 0.492 e. The Morgan fingerprint density at radius 1 is 1.38 bits per heavy atom. The number of ether oxygens (including phenoxy) is 1. The summed E-state index contributed by atoms with van der Waals surface area (Å²) in [6.45, 7) is 0. The van der Waals surface area contributed by atoms with Crippen molar-refractivity contribution in [3.63, 3.8) is 0 Å². The van der Waals surface area contributed by atoms with Gasteiger partial charge in [0.1, 0.15) is 0 Å². The Bertz CT molecular complexity index is 396. The van der Waals surface area contributed by atoms with E-state index in [2.05, 4.69) is 15.9 Å². The molecule has 0 radical (unpaired) electrons. The quantitative estimate of drug-likeness (QED) is 0.822. The molecule has 0 unspecified atom stereocenters. The van der Waals surface area contributed by atoms with Gasteiger partial charge in [-0.1, -0.05) is 15.9 Å². The summed E-state index contributed by atoms with van der Waals surface area (Å²) in [4.78, 5) is 0. The van der Waals surface area contributed by atoms with Gasteiger partial charge < -0.3 is 14.8 Å². The monoisotopic (exact) mass is 288 g/mol. The normalized spacial score (nSPS) is 15.8. The Hall–Kier alpha value is -0.585. The average molecular weight is 289 g/mol. The second-order valence-electron chi connectivity index (χ2n) is 3.82. The molecule has 1 aromatic rings. The molecule has 16 heavy (non-hydrogen) atoms. The molecule has 1 aliphatic rings. The van der Waals surface area contributed by atoms with Crippen LogP contribution in [0.3, 0.4) is 0 Å². The average Bonchev–Trinajstić information content (AvgIpc) is 2.13. The first-order valence-electron chi connectivity index (χ1n) is 5.10. The molecule has 0 aromatic heterocycles. The zero-order chi connectivity index (χ0) is 11.7. The van der Waals surface area contributed by atoms with Crippen molar-refractivity contribution >= 4 is 28.5 Å². The number of benzene rings is 1. The van der Waals surface area contributed by atoms with Crippen molar-refractivity contribution in [1.29, 1.82) is 0 Å². The van der Waals surface area contributed by atoms with E-state index >= 15 is 0 Å². The molecule has 0 heterocycles. The molecule has 1 fully saturated rings. The van der Waals surface area contributed by atoms with Crippen molar-refractivity contribution in [2.45, 2.75) is 25.4 Å². The van der Waals surface area contributed by atoms with Gasteiger partial charge in [-0.05, 0) is 31.4 Å². The van der Waals surface area contributed by atoms with Crippen molar-refractivity contribution < 1.29 is 19.2 Å². The molecule has 0 atom stereocenters. The molecule has 1 aromatic carbocycles. The van der Waals surface area contributed by atoms with E-state index in [9.17, 15) is 4.39 Å². The number of hydrogen-bond acceptors (Lipinski definition) is 3. The van der Waals surface area contributed by atoms with Crippen LogP contribution >= 0.6 is 15.9 Å². The van der Waals surface area contributed by atoms with E-state index in [0.29, 0.717) is 4.47 Å². The number of hydrogen-bond donors (Lipinski definition) is 2. The van der Waals surface area contributed by atoms with Gasteiger partial charge in [0.05, 0.1) is 6.10 Å². The highest BCUT2D eigenvalue weighted by atomic mass is 79.9. The first-order chi connectivity index (χ1) is 7.59. The van der Waals surface area contributed by atoms with Crippen LogP contribution in [0, 0.1) is 5.82 Å². The fourth-order valence-corrected chi connectivity index (χ4v) is 2.06. The smallest absolute Gasteiger partial charge is 0.487 e. The third kappa shape index (κ3) is 2.24. The molecule has 0 bridgehead atoms. The van der Waals surface area contributed by atoms with Crippen LogP contribution in [0.25, 0.3) is 0 Å².